The Labute approximate surface area is 114 Å². The van der Waals surface area contributed by atoms with Gasteiger partial charge in [-0.2, -0.15) is 0 Å². The van der Waals surface area contributed by atoms with Gasteiger partial charge >= 0.3 is 0 Å². The Kier molecular flexibility index (Phi) is 3.96. The van der Waals surface area contributed by atoms with Crippen LogP contribution in [0, 0.1) is 10.5 Å². The van der Waals surface area contributed by atoms with Gasteiger partial charge in [-0.1, -0.05) is 6.07 Å². The lowest BCUT2D eigenvalue weighted by molar-refractivity contribution is 0.280. The van der Waals surface area contributed by atoms with E-state index in [1.165, 1.54) is 0 Å². The van der Waals surface area contributed by atoms with Gasteiger partial charge in [-0.15, -0.1) is 0 Å². The number of halogens is 1. The summed E-state index contributed by atoms with van der Waals surface area (Å²) in [4.78, 5) is 4.28. The van der Waals surface area contributed by atoms with Crippen LogP contribution < -0.4 is 4.74 Å². The molecular weight excluding hydrogens is 329 g/mol. The number of benzene rings is 1. The Morgan fingerprint density at radius 2 is 2.12 bits per heavy atom. The van der Waals surface area contributed by atoms with Crippen molar-refractivity contribution in [3.05, 3.63) is 51.2 Å². The zero-order valence-corrected chi connectivity index (χ0v) is 11.5. The average Bonchev–Trinajstić information content (AvgIpc) is 2.29. The van der Waals surface area contributed by atoms with E-state index in [0.717, 1.165) is 20.6 Å². The minimum absolute atomic E-state index is 0.00233. The van der Waals surface area contributed by atoms with Crippen LogP contribution in [0.4, 0.5) is 0 Å². The van der Waals surface area contributed by atoms with Crippen LogP contribution in [0.25, 0.3) is 0 Å². The van der Waals surface area contributed by atoms with E-state index in [4.69, 9.17) is 9.84 Å². The van der Waals surface area contributed by atoms with Crippen molar-refractivity contribution in [2.24, 2.45) is 0 Å². The first-order valence-electron chi connectivity index (χ1n) is 5.20. The molecule has 0 spiro atoms. The molecular formula is C13H12INO2. The summed E-state index contributed by atoms with van der Waals surface area (Å²) in [6.07, 6.45) is 0. The SMILES string of the molecule is Cc1nc(Oc2cccc(I)c2)ccc1CO. The predicted octanol–water partition coefficient (Wildman–Crippen LogP) is 3.28. The highest BCUT2D eigenvalue weighted by atomic mass is 127. The van der Waals surface area contributed by atoms with Gasteiger partial charge in [-0.05, 0) is 59.3 Å². The molecule has 0 aliphatic rings. The van der Waals surface area contributed by atoms with Crippen molar-refractivity contribution < 1.29 is 9.84 Å². The molecule has 2 aromatic rings. The quantitative estimate of drug-likeness (QED) is 0.872. The third-order valence-corrected chi connectivity index (χ3v) is 3.03. The predicted molar refractivity (Wildman–Crippen MR) is 74.1 cm³/mol. The van der Waals surface area contributed by atoms with E-state index < -0.39 is 0 Å². The molecule has 0 atom stereocenters. The van der Waals surface area contributed by atoms with Crippen LogP contribution >= 0.6 is 22.6 Å². The summed E-state index contributed by atoms with van der Waals surface area (Å²) >= 11 is 2.23. The Morgan fingerprint density at radius 3 is 2.76 bits per heavy atom. The van der Waals surface area contributed by atoms with Gasteiger partial charge in [-0.25, -0.2) is 4.98 Å². The zero-order valence-electron chi connectivity index (χ0n) is 9.35. The van der Waals surface area contributed by atoms with E-state index in [1.807, 2.05) is 37.3 Å². The maximum atomic E-state index is 9.05. The third-order valence-electron chi connectivity index (χ3n) is 2.36. The Balaban J connectivity index is 2.22. The molecule has 1 N–H and O–H groups in total. The van der Waals surface area contributed by atoms with Crippen molar-refractivity contribution in [2.75, 3.05) is 0 Å². The molecule has 2 rings (SSSR count). The highest BCUT2D eigenvalue weighted by molar-refractivity contribution is 14.1. The van der Waals surface area contributed by atoms with Gasteiger partial charge in [0.2, 0.25) is 5.88 Å². The van der Waals surface area contributed by atoms with Gasteiger partial charge in [0.15, 0.2) is 0 Å². The molecule has 0 aliphatic carbocycles. The maximum Gasteiger partial charge on any atom is 0.219 e. The minimum atomic E-state index is 0.00233. The molecule has 88 valence electrons. The van der Waals surface area contributed by atoms with Crippen molar-refractivity contribution in [2.45, 2.75) is 13.5 Å². The minimum Gasteiger partial charge on any atom is -0.439 e. The van der Waals surface area contributed by atoms with Crippen LogP contribution in [-0.4, -0.2) is 10.1 Å². The fraction of sp³-hybridized carbons (Fsp3) is 0.154. The van der Waals surface area contributed by atoms with Crippen molar-refractivity contribution >= 4 is 22.6 Å². The zero-order chi connectivity index (χ0) is 12.3. The highest BCUT2D eigenvalue weighted by Gasteiger charge is 2.03. The van der Waals surface area contributed by atoms with Crippen molar-refractivity contribution in [1.82, 2.24) is 4.98 Å². The normalized spacial score (nSPS) is 10.3. The maximum absolute atomic E-state index is 9.05. The number of hydrogen-bond donors (Lipinski definition) is 1. The van der Waals surface area contributed by atoms with Gasteiger partial charge in [0, 0.05) is 15.3 Å². The monoisotopic (exact) mass is 341 g/mol. The molecule has 3 nitrogen and oxygen atoms in total. The first-order chi connectivity index (χ1) is 8.19. The second kappa shape index (κ2) is 5.46. The summed E-state index contributed by atoms with van der Waals surface area (Å²) in [6.45, 7) is 1.86. The summed E-state index contributed by atoms with van der Waals surface area (Å²) in [5.41, 5.74) is 1.61. The fourth-order valence-electron chi connectivity index (χ4n) is 1.44. The summed E-state index contributed by atoms with van der Waals surface area (Å²) < 4.78 is 6.76. The molecule has 0 saturated heterocycles. The number of aromatic nitrogens is 1. The van der Waals surface area contributed by atoms with E-state index >= 15 is 0 Å². The molecule has 0 bridgehead atoms. The molecule has 1 heterocycles. The highest BCUT2D eigenvalue weighted by Crippen LogP contribution is 2.22. The number of aliphatic hydroxyl groups excluding tert-OH is 1. The smallest absolute Gasteiger partial charge is 0.219 e. The second-order valence-electron chi connectivity index (χ2n) is 3.61. The molecule has 0 unspecified atom stereocenters. The van der Waals surface area contributed by atoms with Crippen LogP contribution in [0.15, 0.2) is 36.4 Å². The molecule has 0 amide bonds. The van der Waals surface area contributed by atoms with Gasteiger partial charge in [0.25, 0.3) is 0 Å². The lowest BCUT2D eigenvalue weighted by atomic mass is 10.2. The average molecular weight is 341 g/mol. The second-order valence-corrected chi connectivity index (χ2v) is 4.86. The van der Waals surface area contributed by atoms with Crippen LogP contribution in [-0.2, 0) is 6.61 Å². The number of nitrogens with zero attached hydrogens (tertiary/aromatic N) is 1. The van der Waals surface area contributed by atoms with Crippen LogP contribution in [0.2, 0.25) is 0 Å². The topological polar surface area (TPSA) is 42.4 Å². The van der Waals surface area contributed by atoms with Crippen molar-refractivity contribution in [1.29, 1.82) is 0 Å². The molecule has 0 fully saturated rings. The van der Waals surface area contributed by atoms with E-state index in [1.54, 1.807) is 6.07 Å². The summed E-state index contributed by atoms with van der Waals surface area (Å²) in [6, 6.07) is 11.4. The van der Waals surface area contributed by atoms with Gasteiger partial charge in [0.05, 0.1) is 6.61 Å². The van der Waals surface area contributed by atoms with Crippen LogP contribution in [0.3, 0.4) is 0 Å². The van der Waals surface area contributed by atoms with E-state index in [-0.39, 0.29) is 6.61 Å². The summed E-state index contributed by atoms with van der Waals surface area (Å²) in [5.74, 6) is 1.31. The standard InChI is InChI=1S/C13H12INO2/c1-9-10(8-16)5-6-13(15-9)17-12-4-2-3-11(14)7-12/h2-7,16H,8H2,1H3. The van der Waals surface area contributed by atoms with Crippen LogP contribution in [0.1, 0.15) is 11.3 Å². The van der Waals surface area contributed by atoms with E-state index in [9.17, 15) is 0 Å². The molecule has 0 saturated carbocycles. The first-order valence-corrected chi connectivity index (χ1v) is 6.28. The third kappa shape index (κ3) is 3.17. The van der Waals surface area contributed by atoms with Gasteiger partial charge < -0.3 is 9.84 Å². The van der Waals surface area contributed by atoms with Gasteiger partial charge in [-0.3, -0.25) is 0 Å². The fourth-order valence-corrected chi connectivity index (χ4v) is 1.96. The van der Waals surface area contributed by atoms with E-state index in [0.29, 0.717) is 5.88 Å². The largest absolute Gasteiger partial charge is 0.439 e. The Morgan fingerprint density at radius 1 is 1.29 bits per heavy atom. The Hall–Kier alpha value is -1.14. The van der Waals surface area contributed by atoms with E-state index in [2.05, 4.69) is 27.6 Å². The first kappa shape index (κ1) is 12.3. The molecule has 0 radical (unpaired) electrons. The van der Waals surface area contributed by atoms with Gasteiger partial charge in [0.1, 0.15) is 5.75 Å². The molecule has 0 aliphatic heterocycles. The number of rotatable bonds is 3. The number of aliphatic hydroxyl groups is 1. The number of hydrogen-bond acceptors (Lipinski definition) is 3. The van der Waals surface area contributed by atoms with Crippen molar-refractivity contribution in [3.63, 3.8) is 0 Å². The van der Waals surface area contributed by atoms with Crippen LogP contribution in [0.5, 0.6) is 11.6 Å². The molecule has 17 heavy (non-hydrogen) atoms. The summed E-state index contributed by atoms with van der Waals surface area (Å²) in [5, 5.41) is 9.05. The molecule has 1 aromatic heterocycles. The molecule has 4 heteroatoms. The number of ether oxygens (including phenoxy) is 1. The molecule has 1 aromatic carbocycles. The van der Waals surface area contributed by atoms with Crippen molar-refractivity contribution in [3.8, 4) is 11.6 Å². The lowest BCUT2D eigenvalue weighted by Gasteiger charge is -2.07. The Bertz CT molecular complexity index is 529. The number of pyridine rings is 1. The lowest BCUT2D eigenvalue weighted by Crippen LogP contribution is -1.95. The summed E-state index contributed by atoms with van der Waals surface area (Å²) in [7, 11) is 0. The number of aryl methyl sites for hydroxylation is 1.